The van der Waals surface area contributed by atoms with Crippen LogP contribution in [0, 0.1) is 0 Å². The number of hydrogen-bond donors (Lipinski definition) is 2. The number of imidazole rings is 1. The second-order valence-electron chi connectivity index (χ2n) is 9.26. The Morgan fingerprint density at radius 2 is 1.86 bits per heavy atom. The van der Waals surface area contributed by atoms with Crippen molar-refractivity contribution in [2.24, 2.45) is 0 Å². The van der Waals surface area contributed by atoms with Gasteiger partial charge in [0, 0.05) is 69.0 Å². The molecule has 1 aliphatic rings. The van der Waals surface area contributed by atoms with E-state index in [0.717, 1.165) is 59.0 Å². The van der Waals surface area contributed by atoms with Crippen LogP contribution in [0.25, 0.3) is 16.8 Å². The van der Waals surface area contributed by atoms with Gasteiger partial charge in [0.05, 0.1) is 11.2 Å². The Morgan fingerprint density at radius 1 is 1.03 bits per heavy atom. The maximum atomic E-state index is 13.1. The van der Waals surface area contributed by atoms with E-state index in [4.69, 9.17) is 4.98 Å². The zero-order valence-electron chi connectivity index (χ0n) is 20.5. The minimum atomic E-state index is -0.0601. The molecule has 1 unspecified atom stereocenters. The third kappa shape index (κ3) is 4.67. The molecule has 35 heavy (non-hydrogen) atoms. The van der Waals surface area contributed by atoms with Gasteiger partial charge in [0.25, 0.3) is 0 Å². The fraction of sp³-hybridized carbons (Fsp3) is 0.286. The summed E-state index contributed by atoms with van der Waals surface area (Å²) in [5.41, 5.74) is 6.10. The van der Waals surface area contributed by atoms with Gasteiger partial charge < -0.3 is 24.8 Å². The smallest absolute Gasteiger partial charge is 0.321 e. The number of amides is 2. The third-order valence-electron chi connectivity index (χ3n) is 6.71. The van der Waals surface area contributed by atoms with Gasteiger partial charge in [0.15, 0.2) is 0 Å². The molecule has 0 saturated carbocycles. The Bertz CT molecular complexity index is 1330. The van der Waals surface area contributed by atoms with Crippen LogP contribution in [0.4, 0.5) is 21.9 Å². The van der Waals surface area contributed by atoms with Gasteiger partial charge in [0.1, 0.15) is 5.82 Å². The van der Waals surface area contributed by atoms with Gasteiger partial charge in [-0.2, -0.15) is 0 Å². The summed E-state index contributed by atoms with van der Waals surface area (Å²) in [6.45, 7) is 1.39. The molecular weight excluding hydrogens is 436 g/mol. The van der Waals surface area contributed by atoms with Gasteiger partial charge in [-0.1, -0.05) is 18.2 Å². The number of benzene rings is 2. The zero-order valence-corrected chi connectivity index (χ0v) is 20.5. The molecule has 1 aliphatic heterocycles. The van der Waals surface area contributed by atoms with Gasteiger partial charge in [-0.3, -0.25) is 0 Å². The van der Waals surface area contributed by atoms with E-state index in [9.17, 15) is 4.79 Å². The van der Waals surface area contributed by atoms with Crippen molar-refractivity contribution >= 4 is 28.6 Å². The molecule has 2 aromatic heterocycles. The van der Waals surface area contributed by atoms with Crippen molar-refractivity contribution < 1.29 is 4.79 Å². The number of likely N-dealkylation sites (tertiary alicyclic amines) is 1. The molecule has 2 N–H and O–H groups in total. The topological polar surface area (TPSA) is 64.9 Å². The number of anilines is 3. The van der Waals surface area contributed by atoms with Crippen LogP contribution in [-0.2, 0) is 0 Å². The molecule has 7 heteroatoms. The molecule has 1 fully saturated rings. The van der Waals surface area contributed by atoms with E-state index >= 15 is 0 Å². The first-order chi connectivity index (χ1) is 17.0. The molecule has 0 bridgehead atoms. The number of carbonyl (C=O) groups excluding carboxylic acids is 1. The van der Waals surface area contributed by atoms with Crippen LogP contribution in [0.5, 0.6) is 0 Å². The predicted molar refractivity (Wildman–Crippen MR) is 144 cm³/mol. The van der Waals surface area contributed by atoms with E-state index in [-0.39, 0.29) is 11.9 Å². The second-order valence-corrected chi connectivity index (χ2v) is 9.26. The third-order valence-corrected chi connectivity index (χ3v) is 6.71. The van der Waals surface area contributed by atoms with Crippen LogP contribution in [-0.4, -0.2) is 54.5 Å². The molecule has 1 saturated heterocycles. The fourth-order valence-electron chi connectivity index (χ4n) is 4.80. The Hall–Kier alpha value is -4.00. The highest BCUT2D eigenvalue weighted by Gasteiger charge is 2.28. The number of piperidine rings is 1. The number of nitrogens with zero attached hydrogens (tertiary/aromatic N) is 4. The molecule has 180 valence electrons. The lowest BCUT2D eigenvalue weighted by atomic mass is 9.97. The number of pyridine rings is 1. The van der Waals surface area contributed by atoms with E-state index in [2.05, 4.69) is 45.5 Å². The number of rotatable bonds is 5. The molecule has 5 rings (SSSR count). The van der Waals surface area contributed by atoms with Crippen LogP contribution in [0.3, 0.4) is 0 Å². The van der Waals surface area contributed by atoms with E-state index in [0.29, 0.717) is 6.54 Å². The molecule has 0 spiro atoms. The Morgan fingerprint density at radius 3 is 2.63 bits per heavy atom. The molecular formula is C28H32N6O. The summed E-state index contributed by atoms with van der Waals surface area (Å²) < 4.78 is 2.19. The average Bonchev–Trinajstić information content (AvgIpc) is 3.29. The molecule has 3 heterocycles. The molecule has 1 atom stereocenters. The van der Waals surface area contributed by atoms with Gasteiger partial charge in [-0.25, -0.2) is 9.78 Å². The summed E-state index contributed by atoms with van der Waals surface area (Å²) in [6.07, 6.45) is 4.03. The Kier molecular flexibility index (Phi) is 6.31. The summed E-state index contributed by atoms with van der Waals surface area (Å²) in [5.74, 6) is 1.18. The van der Waals surface area contributed by atoms with Crippen LogP contribution in [0.15, 0.2) is 72.9 Å². The summed E-state index contributed by atoms with van der Waals surface area (Å²) >= 11 is 0. The summed E-state index contributed by atoms with van der Waals surface area (Å²) in [4.78, 5) is 22.2. The lowest BCUT2D eigenvalue weighted by Gasteiger charge is -2.32. The second kappa shape index (κ2) is 9.70. The number of urea groups is 1. The van der Waals surface area contributed by atoms with Gasteiger partial charge in [0.2, 0.25) is 0 Å². The molecule has 2 aromatic carbocycles. The van der Waals surface area contributed by atoms with Crippen LogP contribution in [0.1, 0.15) is 24.6 Å². The van der Waals surface area contributed by atoms with Crippen molar-refractivity contribution in [1.29, 1.82) is 0 Å². The van der Waals surface area contributed by atoms with Crippen LogP contribution >= 0.6 is 0 Å². The number of carbonyl (C=O) groups is 1. The van der Waals surface area contributed by atoms with Crippen LogP contribution in [0.2, 0.25) is 0 Å². The quantitative estimate of drug-likeness (QED) is 0.405. The van der Waals surface area contributed by atoms with E-state index in [1.165, 1.54) is 0 Å². The maximum Gasteiger partial charge on any atom is 0.321 e. The van der Waals surface area contributed by atoms with Crippen molar-refractivity contribution in [2.75, 3.05) is 49.8 Å². The van der Waals surface area contributed by atoms with Gasteiger partial charge in [-0.05, 0) is 61.4 Å². The maximum absolute atomic E-state index is 13.1. The molecule has 7 nitrogen and oxygen atoms in total. The molecule has 2 amide bonds. The molecule has 0 radical (unpaired) electrons. The van der Waals surface area contributed by atoms with Crippen molar-refractivity contribution in [3.8, 4) is 11.3 Å². The number of fused-ring (bicyclic) bond motifs is 1. The van der Waals surface area contributed by atoms with E-state index in [1.54, 1.807) is 0 Å². The normalized spacial score (nSPS) is 15.7. The highest BCUT2D eigenvalue weighted by molar-refractivity contribution is 5.89. The SMILES string of the molecule is CNc1cccc(-c2nc(C3CCCN(C(=O)Nc4ccc(N(C)C)cc4)C3)n3ccccc23)c1. The minimum absolute atomic E-state index is 0.0601. The van der Waals surface area contributed by atoms with Crippen molar-refractivity contribution in [3.63, 3.8) is 0 Å². The highest BCUT2D eigenvalue weighted by atomic mass is 16.2. The highest BCUT2D eigenvalue weighted by Crippen LogP contribution is 2.33. The van der Waals surface area contributed by atoms with Crippen molar-refractivity contribution in [2.45, 2.75) is 18.8 Å². The largest absolute Gasteiger partial charge is 0.388 e. The first-order valence-corrected chi connectivity index (χ1v) is 12.1. The lowest BCUT2D eigenvalue weighted by molar-refractivity contribution is 0.191. The minimum Gasteiger partial charge on any atom is -0.388 e. The Balaban J connectivity index is 1.39. The first-order valence-electron chi connectivity index (χ1n) is 12.1. The summed E-state index contributed by atoms with van der Waals surface area (Å²) in [6, 6.07) is 22.4. The van der Waals surface area contributed by atoms with Gasteiger partial charge in [-0.15, -0.1) is 0 Å². The number of hydrogen-bond acceptors (Lipinski definition) is 4. The lowest BCUT2D eigenvalue weighted by Crippen LogP contribution is -2.42. The number of aromatic nitrogens is 2. The fourth-order valence-corrected chi connectivity index (χ4v) is 4.80. The number of nitrogens with one attached hydrogen (secondary N) is 2. The van der Waals surface area contributed by atoms with Crippen LogP contribution < -0.4 is 15.5 Å². The molecule has 0 aliphatic carbocycles. The van der Waals surface area contributed by atoms with E-state index < -0.39 is 0 Å². The monoisotopic (exact) mass is 468 g/mol. The zero-order chi connectivity index (χ0) is 24.4. The van der Waals surface area contributed by atoms with Gasteiger partial charge >= 0.3 is 6.03 Å². The van der Waals surface area contributed by atoms with E-state index in [1.807, 2.05) is 73.4 Å². The Labute approximate surface area is 206 Å². The standard InChI is InChI=1S/C28H32N6O/c1-29-23-10-6-8-20(18-23)26-25-11-4-5-17-34(25)27(31-26)21-9-7-16-33(19-21)28(35)30-22-12-14-24(15-13-22)32(2)3/h4-6,8,10-15,17-18,21,29H,7,9,16,19H2,1-3H3,(H,30,35). The summed E-state index contributed by atoms with van der Waals surface area (Å²) in [7, 11) is 5.93. The van der Waals surface area contributed by atoms with Crippen molar-refractivity contribution in [1.82, 2.24) is 14.3 Å². The summed E-state index contributed by atoms with van der Waals surface area (Å²) in [5, 5.41) is 6.28. The first kappa shape index (κ1) is 22.8. The average molecular weight is 469 g/mol. The van der Waals surface area contributed by atoms with Crippen molar-refractivity contribution in [3.05, 3.63) is 78.8 Å². The molecule has 4 aromatic rings. The predicted octanol–water partition coefficient (Wildman–Crippen LogP) is 5.52.